The van der Waals surface area contributed by atoms with E-state index in [4.69, 9.17) is 4.42 Å². The molecule has 0 radical (unpaired) electrons. The van der Waals surface area contributed by atoms with Gasteiger partial charge in [-0.05, 0) is 17.8 Å². The summed E-state index contributed by atoms with van der Waals surface area (Å²) < 4.78 is 5.48. The van der Waals surface area contributed by atoms with Gasteiger partial charge in [-0.1, -0.05) is 37.3 Å². The summed E-state index contributed by atoms with van der Waals surface area (Å²) in [6.45, 7) is 4.23. The summed E-state index contributed by atoms with van der Waals surface area (Å²) >= 11 is 0. The molecule has 0 spiro atoms. The lowest BCUT2D eigenvalue weighted by atomic mass is 10.2. The van der Waals surface area contributed by atoms with E-state index in [1.165, 1.54) is 0 Å². The number of tetrazole rings is 1. The first-order chi connectivity index (χ1) is 10.4. The van der Waals surface area contributed by atoms with E-state index in [0.29, 0.717) is 18.9 Å². The molecule has 3 aromatic rings. The predicted octanol–water partition coefficient (Wildman–Crippen LogP) is 2.09. The average molecular weight is 283 g/mol. The molecule has 0 aliphatic rings. The van der Waals surface area contributed by atoms with Crippen molar-refractivity contribution in [3.63, 3.8) is 0 Å². The van der Waals surface area contributed by atoms with Gasteiger partial charge in [0.1, 0.15) is 5.76 Å². The van der Waals surface area contributed by atoms with E-state index in [2.05, 4.69) is 27.7 Å². The second kappa shape index (κ2) is 6.32. The van der Waals surface area contributed by atoms with E-state index in [1.807, 2.05) is 36.4 Å². The van der Waals surface area contributed by atoms with Crippen molar-refractivity contribution in [2.75, 3.05) is 6.54 Å². The van der Waals surface area contributed by atoms with Crippen LogP contribution in [0.3, 0.4) is 0 Å². The van der Waals surface area contributed by atoms with Crippen molar-refractivity contribution < 1.29 is 4.42 Å². The van der Waals surface area contributed by atoms with E-state index < -0.39 is 0 Å². The molecule has 0 aliphatic heterocycles. The highest BCUT2D eigenvalue weighted by molar-refractivity contribution is 5.52. The van der Waals surface area contributed by atoms with E-state index in [0.717, 1.165) is 23.4 Å². The molecular weight excluding hydrogens is 266 g/mol. The lowest BCUT2D eigenvalue weighted by Gasteiger charge is -2.02. The highest BCUT2D eigenvalue weighted by atomic mass is 16.3. The van der Waals surface area contributed by atoms with Crippen LogP contribution in [-0.4, -0.2) is 26.8 Å². The van der Waals surface area contributed by atoms with Crippen LogP contribution in [0.5, 0.6) is 0 Å². The molecule has 6 heteroatoms. The van der Waals surface area contributed by atoms with E-state index >= 15 is 0 Å². The summed E-state index contributed by atoms with van der Waals surface area (Å²) in [5.74, 6) is 1.54. The summed E-state index contributed by atoms with van der Waals surface area (Å²) in [4.78, 5) is 1.59. The van der Waals surface area contributed by atoms with Crippen LogP contribution in [0.1, 0.15) is 18.2 Å². The third-order valence-corrected chi connectivity index (χ3v) is 3.17. The maximum absolute atomic E-state index is 5.48. The smallest absolute Gasteiger partial charge is 0.204 e. The van der Waals surface area contributed by atoms with Crippen LogP contribution in [0, 0.1) is 0 Å². The van der Waals surface area contributed by atoms with Crippen LogP contribution in [-0.2, 0) is 13.1 Å². The third-order valence-electron chi connectivity index (χ3n) is 3.17. The number of aromatic nitrogens is 4. The minimum atomic E-state index is 0.553. The third kappa shape index (κ3) is 3.17. The second-order valence-corrected chi connectivity index (χ2v) is 4.66. The minimum absolute atomic E-state index is 0.553. The van der Waals surface area contributed by atoms with Crippen molar-refractivity contribution in [3.05, 3.63) is 54.0 Å². The van der Waals surface area contributed by atoms with Gasteiger partial charge in [-0.15, -0.1) is 10.2 Å². The number of nitrogens with one attached hydrogen (secondary N) is 1. The van der Waals surface area contributed by atoms with Gasteiger partial charge in [-0.3, -0.25) is 0 Å². The average Bonchev–Trinajstić information content (AvgIpc) is 3.16. The zero-order valence-corrected chi connectivity index (χ0v) is 11.9. The monoisotopic (exact) mass is 283 g/mol. The van der Waals surface area contributed by atoms with Crippen LogP contribution >= 0.6 is 0 Å². The molecule has 0 saturated heterocycles. The first-order valence-corrected chi connectivity index (χ1v) is 6.96. The van der Waals surface area contributed by atoms with Gasteiger partial charge >= 0.3 is 0 Å². The van der Waals surface area contributed by atoms with Crippen LogP contribution in [0.15, 0.2) is 47.1 Å². The quantitative estimate of drug-likeness (QED) is 0.750. The zero-order valence-electron chi connectivity index (χ0n) is 11.9. The van der Waals surface area contributed by atoms with Crippen molar-refractivity contribution in [1.29, 1.82) is 0 Å². The highest BCUT2D eigenvalue weighted by Crippen LogP contribution is 2.14. The van der Waals surface area contributed by atoms with Gasteiger partial charge in [0.15, 0.2) is 0 Å². The molecule has 2 heterocycles. The van der Waals surface area contributed by atoms with Crippen LogP contribution in [0.4, 0.5) is 0 Å². The van der Waals surface area contributed by atoms with Crippen LogP contribution in [0.2, 0.25) is 0 Å². The molecule has 108 valence electrons. The standard InChI is InChI=1S/C15H17N5O/c1-2-16-10-14-13(8-9-21-14)11-20-18-15(17-19-20)12-6-4-3-5-7-12/h3-9,16H,2,10-11H2,1H3. The Hall–Kier alpha value is -2.47. The van der Waals surface area contributed by atoms with Gasteiger partial charge in [0.2, 0.25) is 5.82 Å². The molecule has 21 heavy (non-hydrogen) atoms. The maximum Gasteiger partial charge on any atom is 0.204 e. The summed E-state index contributed by atoms with van der Waals surface area (Å²) in [5.41, 5.74) is 2.02. The van der Waals surface area contributed by atoms with Gasteiger partial charge in [0, 0.05) is 11.1 Å². The number of hydrogen-bond acceptors (Lipinski definition) is 5. The molecule has 0 aliphatic carbocycles. The van der Waals surface area contributed by atoms with Gasteiger partial charge in [0.05, 0.1) is 19.4 Å². The van der Waals surface area contributed by atoms with Crippen LogP contribution < -0.4 is 5.32 Å². The second-order valence-electron chi connectivity index (χ2n) is 4.66. The molecular formula is C15H17N5O. The Kier molecular flexibility index (Phi) is 4.07. The summed E-state index contributed by atoms with van der Waals surface area (Å²) in [5, 5.41) is 15.9. The number of hydrogen-bond donors (Lipinski definition) is 1. The Morgan fingerprint density at radius 1 is 1.19 bits per heavy atom. The van der Waals surface area contributed by atoms with Crippen molar-refractivity contribution in [3.8, 4) is 11.4 Å². The maximum atomic E-state index is 5.48. The Bertz CT molecular complexity index is 689. The fourth-order valence-electron chi connectivity index (χ4n) is 2.07. The zero-order chi connectivity index (χ0) is 14.5. The predicted molar refractivity (Wildman–Crippen MR) is 78.4 cm³/mol. The number of rotatable bonds is 6. The van der Waals surface area contributed by atoms with Gasteiger partial charge in [-0.2, -0.15) is 4.80 Å². The molecule has 0 atom stereocenters. The summed E-state index contributed by atoms with van der Waals surface area (Å²) in [7, 11) is 0. The molecule has 0 saturated carbocycles. The molecule has 1 N–H and O–H groups in total. The lowest BCUT2D eigenvalue weighted by molar-refractivity contribution is 0.474. The highest BCUT2D eigenvalue weighted by Gasteiger charge is 2.10. The molecule has 3 rings (SSSR count). The minimum Gasteiger partial charge on any atom is -0.468 e. The Balaban J connectivity index is 1.74. The van der Waals surface area contributed by atoms with Crippen molar-refractivity contribution in [2.45, 2.75) is 20.0 Å². The summed E-state index contributed by atoms with van der Waals surface area (Å²) in [6, 6.07) is 11.8. The normalized spacial score (nSPS) is 10.9. The van der Waals surface area contributed by atoms with E-state index in [-0.39, 0.29) is 0 Å². The molecule has 0 unspecified atom stereocenters. The number of benzene rings is 1. The SMILES string of the molecule is CCNCc1occc1Cn1nnc(-c2ccccc2)n1. The first-order valence-electron chi connectivity index (χ1n) is 6.96. The van der Waals surface area contributed by atoms with Gasteiger partial charge in [-0.25, -0.2) is 0 Å². The van der Waals surface area contributed by atoms with Crippen molar-refractivity contribution in [1.82, 2.24) is 25.5 Å². The fraction of sp³-hybridized carbons (Fsp3) is 0.267. The van der Waals surface area contributed by atoms with E-state index in [9.17, 15) is 0 Å². The van der Waals surface area contributed by atoms with Crippen LogP contribution in [0.25, 0.3) is 11.4 Å². The molecule has 1 aromatic carbocycles. The fourth-order valence-corrected chi connectivity index (χ4v) is 2.07. The molecule has 0 amide bonds. The molecule has 0 fully saturated rings. The number of nitrogens with zero attached hydrogens (tertiary/aromatic N) is 4. The topological polar surface area (TPSA) is 68.8 Å². The molecule has 2 aromatic heterocycles. The summed E-state index contributed by atoms with van der Waals surface area (Å²) in [6.07, 6.45) is 1.69. The largest absolute Gasteiger partial charge is 0.468 e. The molecule has 0 bridgehead atoms. The Morgan fingerprint density at radius 2 is 2.05 bits per heavy atom. The Morgan fingerprint density at radius 3 is 2.86 bits per heavy atom. The van der Waals surface area contributed by atoms with Gasteiger partial charge in [0.25, 0.3) is 0 Å². The van der Waals surface area contributed by atoms with Gasteiger partial charge < -0.3 is 9.73 Å². The Labute approximate surface area is 122 Å². The number of furan rings is 1. The molecule has 6 nitrogen and oxygen atoms in total. The van der Waals surface area contributed by atoms with Crippen molar-refractivity contribution >= 4 is 0 Å². The first kappa shape index (κ1) is 13.5. The van der Waals surface area contributed by atoms with Crippen molar-refractivity contribution in [2.24, 2.45) is 0 Å². The lowest BCUT2D eigenvalue weighted by Crippen LogP contribution is -2.13. The van der Waals surface area contributed by atoms with E-state index in [1.54, 1.807) is 11.1 Å².